The Morgan fingerprint density at radius 1 is 1.19 bits per heavy atom. The van der Waals surface area contributed by atoms with Crippen LogP contribution < -0.4 is 0 Å². The van der Waals surface area contributed by atoms with Gasteiger partial charge >= 0.3 is 0 Å². The molecule has 16 heavy (non-hydrogen) atoms. The standard InChI is InChI=1S/C11H18N2O3/c1-9(14)13-4-2-3-10(13)11(15)12-5-7-16-8-6-12/h10H,2-8H2,1H3/t10-/m1/s1. The summed E-state index contributed by atoms with van der Waals surface area (Å²) in [6, 6.07) is -0.226. The molecule has 0 saturated carbocycles. The van der Waals surface area contributed by atoms with E-state index in [2.05, 4.69) is 0 Å². The smallest absolute Gasteiger partial charge is 0.245 e. The Labute approximate surface area is 95.3 Å². The molecule has 2 heterocycles. The molecule has 5 heteroatoms. The monoisotopic (exact) mass is 226 g/mol. The maximum absolute atomic E-state index is 12.2. The van der Waals surface area contributed by atoms with Crippen LogP contribution in [0.2, 0.25) is 0 Å². The molecule has 0 spiro atoms. The average molecular weight is 226 g/mol. The lowest BCUT2D eigenvalue weighted by atomic mass is 10.2. The van der Waals surface area contributed by atoms with Crippen LogP contribution in [0, 0.1) is 0 Å². The van der Waals surface area contributed by atoms with Crippen molar-refractivity contribution in [2.45, 2.75) is 25.8 Å². The Bertz CT molecular complexity index is 287. The number of hydrogen-bond acceptors (Lipinski definition) is 3. The second-order valence-electron chi connectivity index (χ2n) is 4.31. The summed E-state index contributed by atoms with van der Waals surface area (Å²) >= 11 is 0. The first-order valence-corrected chi connectivity index (χ1v) is 5.84. The summed E-state index contributed by atoms with van der Waals surface area (Å²) < 4.78 is 5.21. The molecule has 2 amide bonds. The summed E-state index contributed by atoms with van der Waals surface area (Å²) in [4.78, 5) is 27.1. The number of ether oxygens (including phenoxy) is 1. The van der Waals surface area contributed by atoms with Crippen molar-refractivity contribution in [3.05, 3.63) is 0 Å². The van der Waals surface area contributed by atoms with E-state index in [1.54, 1.807) is 4.90 Å². The van der Waals surface area contributed by atoms with Crippen molar-refractivity contribution in [1.82, 2.24) is 9.80 Å². The molecule has 0 unspecified atom stereocenters. The minimum absolute atomic E-state index is 0.00381. The molecule has 5 nitrogen and oxygen atoms in total. The van der Waals surface area contributed by atoms with Gasteiger partial charge in [-0.15, -0.1) is 0 Å². The van der Waals surface area contributed by atoms with Crippen LogP contribution in [0.25, 0.3) is 0 Å². The summed E-state index contributed by atoms with van der Waals surface area (Å²) in [5.74, 6) is 0.0973. The first kappa shape index (κ1) is 11.4. The summed E-state index contributed by atoms with van der Waals surface area (Å²) in [5, 5.41) is 0. The normalized spacial score (nSPS) is 25.9. The molecule has 0 aromatic rings. The number of carbonyl (C=O) groups is 2. The van der Waals surface area contributed by atoms with Crippen LogP contribution in [0.3, 0.4) is 0 Å². The Kier molecular flexibility index (Phi) is 3.43. The molecule has 2 aliphatic rings. The third kappa shape index (κ3) is 2.19. The van der Waals surface area contributed by atoms with Gasteiger partial charge in [0.1, 0.15) is 6.04 Å². The van der Waals surface area contributed by atoms with Crippen molar-refractivity contribution in [2.75, 3.05) is 32.8 Å². The highest BCUT2D eigenvalue weighted by Gasteiger charge is 2.35. The Morgan fingerprint density at radius 3 is 2.50 bits per heavy atom. The Balaban J connectivity index is 1.99. The molecule has 2 aliphatic heterocycles. The van der Waals surface area contributed by atoms with Crippen molar-refractivity contribution < 1.29 is 14.3 Å². The number of morpholine rings is 1. The van der Waals surface area contributed by atoms with E-state index in [-0.39, 0.29) is 17.9 Å². The van der Waals surface area contributed by atoms with E-state index >= 15 is 0 Å². The number of hydrogen-bond donors (Lipinski definition) is 0. The fourth-order valence-electron chi connectivity index (χ4n) is 2.39. The maximum Gasteiger partial charge on any atom is 0.245 e. The summed E-state index contributed by atoms with van der Waals surface area (Å²) in [6.07, 6.45) is 1.73. The third-order valence-electron chi connectivity index (χ3n) is 3.27. The van der Waals surface area contributed by atoms with Crippen LogP contribution in [0.1, 0.15) is 19.8 Å². The van der Waals surface area contributed by atoms with Gasteiger partial charge in [0.25, 0.3) is 0 Å². The minimum Gasteiger partial charge on any atom is -0.378 e. The fourth-order valence-corrected chi connectivity index (χ4v) is 2.39. The molecule has 0 bridgehead atoms. The van der Waals surface area contributed by atoms with Gasteiger partial charge in [0.2, 0.25) is 11.8 Å². The van der Waals surface area contributed by atoms with Gasteiger partial charge in [0.05, 0.1) is 13.2 Å². The van der Waals surface area contributed by atoms with E-state index in [0.29, 0.717) is 26.3 Å². The number of carbonyl (C=O) groups excluding carboxylic acids is 2. The van der Waals surface area contributed by atoms with E-state index in [1.807, 2.05) is 4.90 Å². The van der Waals surface area contributed by atoms with Crippen molar-refractivity contribution in [3.8, 4) is 0 Å². The van der Waals surface area contributed by atoms with Crippen LogP contribution >= 0.6 is 0 Å². The van der Waals surface area contributed by atoms with E-state index in [0.717, 1.165) is 19.4 Å². The first-order valence-electron chi connectivity index (χ1n) is 5.84. The van der Waals surface area contributed by atoms with Crippen LogP contribution in [0.15, 0.2) is 0 Å². The molecule has 0 N–H and O–H groups in total. The first-order chi connectivity index (χ1) is 7.70. The predicted molar refractivity (Wildman–Crippen MR) is 57.8 cm³/mol. The van der Waals surface area contributed by atoms with E-state index in [9.17, 15) is 9.59 Å². The molecule has 1 atom stereocenters. The molecule has 2 fully saturated rings. The van der Waals surface area contributed by atoms with Crippen molar-refractivity contribution in [2.24, 2.45) is 0 Å². The Morgan fingerprint density at radius 2 is 1.88 bits per heavy atom. The number of nitrogens with zero attached hydrogens (tertiary/aromatic N) is 2. The van der Waals surface area contributed by atoms with Crippen molar-refractivity contribution >= 4 is 11.8 Å². The van der Waals surface area contributed by atoms with Crippen LogP contribution in [-0.4, -0.2) is 60.5 Å². The maximum atomic E-state index is 12.2. The van der Waals surface area contributed by atoms with Gasteiger partial charge in [-0.2, -0.15) is 0 Å². The number of rotatable bonds is 1. The highest BCUT2D eigenvalue weighted by Crippen LogP contribution is 2.19. The van der Waals surface area contributed by atoms with Gasteiger partial charge in [-0.05, 0) is 12.8 Å². The average Bonchev–Trinajstić information content (AvgIpc) is 2.78. The second-order valence-corrected chi connectivity index (χ2v) is 4.31. The molecule has 0 aliphatic carbocycles. The Hall–Kier alpha value is -1.10. The number of likely N-dealkylation sites (tertiary alicyclic amines) is 1. The summed E-state index contributed by atoms with van der Waals surface area (Å²) in [7, 11) is 0. The van der Waals surface area contributed by atoms with Crippen molar-refractivity contribution in [3.63, 3.8) is 0 Å². The van der Waals surface area contributed by atoms with Gasteiger partial charge in [-0.3, -0.25) is 9.59 Å². The zero-order valence-electron chi connectivity index (χ0n) is 9.65. The summed E-state index contributed by atoms with van der Waals surface area (Å²) in [5.41, 5.74) is 0. The highest BCUT2D eigenvalue weighted by molar-refractivity contribution is 5.87. The second kappa shape index (κ2) is 4.82. The lowest BCUT2D eigenvalue weighted by molar-refractivity contribution is -0.145. The van der Waals surface area contributed by atoms with E-state index < -0.39 is 0 Å². The minimum atomic E-state index is -0.226. The SMILES string of the molecule is CC(=O)N1CCC[C@@H]1C(=O)N1CCOCC1. The molecule has 0 aromatic carbocycles. The topological polar surface area (TPSA) is 49.9 Å². The van der Waals surface area contributed by atoms with Gasteiger partial charge < -0.3 is 14.5 Å². The number of amides is 2. The lowest BCUT2D eigenvalue weighted by Gasteiger charge is -2.32. The van der Waals surface area contributed by atoms with Crippen LogP contribution in [-0.2, 0) is 14.3 Å². The van der Waals surface area contributed by atoms with E-state index in [1.165, 1.54) is 6.92 Å². The predicted octanol–water partition coefficient (Wildman–Crippen LogP) is -0.144. The molecular formula is C11H18N2O3. The molecule has 2 saturated heterocycles. The lowest BCUT2D eigenvalue weighted by Crippen LogP contribution is -2.50. The van der Waals surface area contributed by atoms with Gasteiger partial charge in [-0.25, -0.2) is 0 Å². The summed E-state index contributed by atoms with van der Waals surface area (Å²) in [6.45, 7) is 4.78. The quantitative estimate of drug-likeness (QED) is 0.625. The largest absolute Gasteiger partial charge is 0.378 e. The molecule has 2 rings (SSSR count). The van der Waals surface area contributed by atoms with Crippen LogP contribution in [0.5, 0.6) is 0 Å². The molecular weight excluding hydrogens is 208 g/mol. The molecule has 0 radical (unpaired) electrons. The third-order valence-corrected chi connectivity index (χ3v) is 3.27. The van der Waals surface area contributed by atoms with Gasteiger partial charge in [-0.1, -0.05) is 0 Å². The van der Waals surface area contributed by atoms with Crippen molar-refractivity contribution in [1.29, 1.82) is 0 Å². The van der Waals surface area contributed by atoms with Gasteiger partial charge in [0, 0.05) is 26.6 Å². The fraction of sp³-hybridized carbons (Fsp3) is 0.818. The van der Waals surface area contributed by atoms with E-state index in [4.69, 9.17) is 4.74 Å². The van der Waals surface area contributed by atoms with Gasteiger partial charge in [0.15, 0.2) is 0 Å². The zero-order valence-corrected chi connectivity index (χ0v) is 9.65. The van der Waals surface area contributed by atoms with Crippen LogP contribution in [0.4, 0.5) is 0 Å². The molecule has 90 valence electrons. The molecule has 0 aromatic heterocycles. The zero-order chi connectivity index (χ0) is 11.5. The highest BCUT2D eigenvalue weighted by atomic mass is 16.5.